The third-order valence-corrected chi connectivity index (χ3v) is 1.51. The first-order valence-corrected chi connectivity index (χ1v) is 3.80. The molecule has 0 atom stereocenters. The van der Waals surface area contributed by atoms with E-state index in [1.807, 2.05) is 11.9 Å². The van der Waals surface area contributed by atoms with Crippen LogP contribution in [0.1, 0.15) is 6.42 Å². The zero-order chi connectivity index (χ0) is 8.69. The maximum atomic E-state index is 10.8. The van der Waals surface area contributed by atoms with Gasteiger partial charge in [0.05, 0.1) is 0 Å². The molecule has 0 aromatic rings. The molecule has 0 spiro atoms. The summed E-state index contributed by atoms with van der Waals surface area (Å²) in [6.07, 6.45) is 0.549. The Morgan fingerprint density at radius 1 is 1.55 bits per heavy atom. The van der Waals surface area contributed by atoms with E-state index in [1.54, 1.807) is 7.05 Å². The fourth-order valence-corrected chi connectivity index (χ4v) is 0.750. The Hall–Kier alpha value is -0.610. The van der Waals surface area contributed by atoms with Gasteiger partial charge in [-0.2, -0.15) is 0 Å². The molecule has 3 N–H and O–H groups in total. The minimum Gasteiger partial charge on any atom is -0.359 e. The van der Waals surface area contributed by atoms with Gasteiger partial charge in [-0.25, -0.2) is 0 Å². The van der Waals surface area contributed by atoms with Gasteiger partial charge in [0.2, 0.25) is 5.91 Å². The van der Waals surface area contributed by atoms with Gasteiger partial charge in [0.15, 0.2) is 0 Å². The second kappa shape index (κ2) is 6.12. The van der Waals surface area contributed by atoms with E-state index in [4.69, 9.17) is 5.73 Å². The zero-order valence-corrected chi connectivity index (χ0v) is 7.26. The molecule has 0 unspecified atom stereocenters. The number of hydrogen-bond acceptors (Lipinski definition) is 3. The van der Waals surface area contributed by atoms with E-state index in [-0.39, 0.29) is 5.91 Å². The van der Waals surface area contributed by atoms with Crippen molar-refractivity contribution in [3.8, 4) is 0 Å². The van der Waals surface area contributed by atoms with Crippen LogP contribution < -0.4 is 11.1 Å². The number of nitrogens with two attached hydrogens (primary N) is 1. The first-order chi connectivity index (χ1) is 5.20. The molecule has 0 aromatic heterocycles. The summed E-state index contributed by atoms with van der Waals surface area (Å²) in [5.74, 6) is 0.0777. The minimum absolute atomic E-state index is 0.0777. The van der Waals surface area contributed by atoms with Crippen molar-refractivity contribution in [2.24, 2.45) is 5.73 Å². The fourth-order valence-electron chi connectivity index (χ4n) is 0.750. The SMILES string of the molecule is CNC(=O)CCN(C)CCN. The molecule has 0 saturated heterocycles. The monoisotopic (exact) mass is 159 g/mol. The number of likely N-dealkylation sites (N-methyl/N-ethyl adjacent to an activating group) is 1. The van der Waals surface area contributed by atoms with Crippen molar-refractivity contribution in [2.45, 2.75) is 6.42 Å². The number of nitrogens with one attached hydrogen (secondary N) is 1. The molecule has 1 amide bonds. The molecule has 0 rings (SSSR count). The molecule has 0 aromatic carbocycles. The Balaban J connectivity index is 3.29. The topological polar surface area (TPSA) is 58.4 Å². The lowest BCUT2D eigenvalue weighted by molar-refractivity contribution is -0.120. The van der Waals surface area contributed by atoms with E-state index in [0.717, 1.165) is 13.1 Å². The van der Waals surface area contributed by atoms with Crippen molar-refractivity contribution < 1.29 is 4.79 Å². The normalized spacial score (nSPS) is 10.2. The van der Waals surface area contributed by atoms with Crippen molar-refractivity contribution in [1.29, 1.82) is 0 Å². The van der Waals surface area contributed by atoms with Gasteiger partial charge in [0.1, 0.15) is 0 Å². The van der Waals surface area contributed by atoms with E-state index in [0.29, 0.717) is 13.0 Å². The van der Waals surface area contributed by atoms with Crippen LogP contribution in [-0.2, 0) is 4.79 Å². The highest BCUT2D eigenvalue weighted by molar-refractivity contribution is 5.75. The van der Waals surface area contributed by atoms with Crippen molar-refractivity contribution in [2.75, 3.05) is 33.7 Å². The predicted molar refractivity (Wildman–Crippen MR) is 45.2 cm³/mol. The van der Waals surface area contributed by atoms with Crippen LogP contribution in [0.4, 0.5) is 0 Å². The fraction of sp³-hybridized carbons (Fsp3) is 0.857. The van der Waals surface area contributed by atoms with Crippen LogP contribution in [0.15, 0.2) is 0 Å². The summed E-state index contributed by atoms with van der Waals surface area (Å²) in [7, 11) is 3.60. The molecular weight excluding hydrogens is 142 g/mol. The lowest BCUT2D eigenvalue weighted by atomic mass is 10.3. The number of amides is 1. The average Bonchev–Trinajstić information content (AvgIpc) is 2.01. The summed E-state index contributed by atoms with van der Waals surface area (Å²) < 4.78 is 0. The maximum absolute atomic E-state index is 10.8. The third kappa shape index (κ3) is 5.82. The van der Waals surface area contributed by atoms with Crippen molar-refractivity contribution in [3.05, 3.63) is 0 Å². The highest BCUT2D eigenvalue weighted by atomic mass is 16.1. The molecule has 0 heterocycles. The zero-order valence-electron chi connectivity index (χ0n) is 7.26. The van der Waals surface area contributed by atoms with Crippen LogP contribution in [-0.4, -0.2) is 44.5 Å². The minimum atomic E-state index is 0.0777. The van der Waals surface area contributed by atoms with Crippen molar-refractivity contribution in [1.82, 2.24) is 10.2 Å². The number of rotatable bonds is 5. The summed E-state index contributed by atoms with van der Waals surface area (Å²) in [6.45, 7) is 2.26. The molecule has 66 valence electrons. The van der Waals surface area contributed by atoms with Crippen LogP contribution in [0.2, 0.25) is 0 Å². The smallest absolute Gasteiger partial charge is 0.221 e. The van der Waals surface area contributed by atoms with Gasteiger partial charge in [0, 0.05) is 33.1 Å². The molecule has 0 radical (unpaired) electrons. The second-order valence-electron chi connectivity index (χ2n) is 2.52. The van der Waals surface area contributed by atoms with E-state index in [2.05, 4.69) is 5.32 Å². The second-order valence-corrected chi connectivity index (χ2v) is 2.52. The molecule has 0 aliphatic carbocycles. The van der Waals surface area contributed by atoms with Gasteiger partial charge in [-0.3, -0.25) is 4.79 Å². The lowest BCUT2D eigenvalue weighted by Gasteiger charge is -2.13. The first-order valence-electron chi connectivity index (χ1n) is 3.80. The molecule has 0 fully saturated rings. The van der Waals surface area contributed by atoms with Gasteiger partial charge in [-0.15, -0.1) is 0 Å². The number of hydrogen-bond donors (Lipinski definition) is 2. The molecule has 4 heteroatoms. The summed E-state index contributed by atoms with van der Waals surface area (Å²) in [5, 5.41) is 2.57. The van der Waals surface area contributed by atoms with Gasteiger partial charge < -0.3 is 16.0 Å². The van der Waals surface area contributed by atoms with Crippen LogP contribution >= 0.6 is 0 Å². The van der Waals surface area contributed by atoms with E-state index >= 15 is 0 Å². The predicted octanol–water partition coefficient (Wildman–Crippen LogP) is -0.987. The van der Waals surface area contributed by atoms with Crippen LogP contribution in [0.3, 0.4) is 0 Å². The number of nitrogens with zero attached hydrogens (tertiary/aromatic N) is 1. The van der Waals surface area contributed by atoms with Crippen LogP contribution in [0.5, 0.6) is 0 Å². The van der Waals surface area contributed by atoms with Crippen LogP contribution in [0.25, 0.3) is 0 Å². The summed E-state index contributed by atoms with van der Waals surface area (Å²) >= 11 is 0. The van der Waals surface area contributed by atoms with Crippen molar-refractivity contribution in [3.63, 3.8) is 0 Å². The van der Waals surface area contributed by atoms with Crippen molar-refractivity contribution >= 4 is 5.91 Å². The molecule has 11 heavy (non-hydrogen) atoms. The lowest BCUT2D eigenvalue weighted by Crippen LogP contribution is -2.30. The Labute approximate surface area is 67.7 Å². The average molecular weight is 159 g/mol. The first kappa shape index (κ1) is 10.4. The van der Waals surface area contributed by atoms with Gasteiger partial charge in [0.25, 0.3) is 0 Å². The number of carbonyl (C=O) groups is 1. The Morgan fingerprint density at radius 3 is 2.64 bits per heavy atom. The Kier molecular flexibility index (Phi) is 5.78. The number of carbonyl (C=O) groups excluding carboxylic acids is 1. The van der Waals surface area contributed by atoms with E-state index in [1.165, 1.54) is 0 Å². The molecule has 0 aliphatic heterocycles. The highest BCUT2D eigenvalue weighted by Crippen LogP contribution is 1.85. The molecule has 0 aliphatic rings. The third-order valence-electron chi connectivity index (χ3n) is 1.51. The molecule has 4 nitrogen and oxygen atoms in total. The van der Waals surface area contributed by atoms with E-state index < -0.39 is 0 Å². The van der Waals surface area contributed by atoms with Gasteiger partial charge in [-0.1, -0.05) is 0 Å². The molecule has 0 saturated carbocycles. The quantitative estimate of drug-likeness (QED) is 0.541. The summed E-state index contributed by atoms with van der Waals surface area (Å²) in [4.78, 5) is 12.8. The van der Waals surface area contributed by atoms with Crippen LogP contribution in [0, 0.1) is 0 Å². The maximum Gasteiger partial charge on any atom is 0.221 e. The summed E-state index contributed by atoms with van der Waals surface area (Å²) in [6, 6.07) is 0. The molecule has 0 bridgehead atoms. The largest absolute Gasteiger partial charge is 0.359 e. The van der Waals surface area contributed by atoms with E-state index in [9.17, 15) is 4.79 Å². The summed E-state index contributed by atoms with van der Waals surface area (Å²) in [5.41, 5.74) is 5.33. The Bertz CT molecular complexity index is 116. The highest BCUT2D eigenvalue weighted by Gasteiger charge is 2.00. The molecular formula is C7H17N3O. The standard InChI is InChI=1S/C7H17N3O/c1-9-7(11)3-5-10(2)6-4-8/h3-6,8H2,1-2H3,(H,9,11). The van der Waals surface area contributed by atoms with Gasteiger partial charge in [-0.05, 0) is 7.05 Å². The van der Waals surface area contributed by atoms with Gasteiger partial charge >= 0.3 is 0 Å². The Morgan fingerprint density at radius 2 is 2.18 bits per heavy atom.